The molecule has 1 atom stereocenters. The highest BCUT2D eigenvalue weighted by Crippen LogP contribution is 2.21. The van der Waals surface area contributed by atoms with Crippen molar-refractivity contribution in [1.82, 2.24) is 10.3 Å². The van der Waals surface area contributed by atoms with E-state index >= 15 is 0 Å². The van der Waals surface area contributed by atoms with Crippen LogP contribution in [0.1, 0.15) is 24.8 Å². The Balaban J connectivity index is 2.64. The van der Waals surface area contributed by atoms with E-state index in [1.165, 1.54) is 5.56 Å². The summed E-state index contributed by atoms with van der Waals surface area (Å²) in [7, 11) is 3.63. The number of methoxy groups -OCH3 is 1. The minimum Gasteiger partial charge on any atom is -0.495 e. The molecule has 0 spiro atoms. The summed E-state index contributed by atoms with van der Waals surface area (Å²) in [6, 6.07) is 2.05. The minimum absolute atomic E-state index is 0.519. The maximum Gasteiger partial charge on any atom is 0.137 e. The lowest BCUT2D eigenvalue weighted by molar-refractivity contribution is 0.411. The van der Waals surface area contributed by atoms with Crippen LogP contribution in [0, 0.1) is 0 Å². The average molecular weight is 194 g/mol. The van der Waals surface area contributed by atoms with Gasteiger partial charge in [-0.2, -0.15) is 0 Å². The van der Waals surface area contributed by atoms with E-state index in [1.807, 2.05) is 19.3 Å². The number of hydrogen-bond donors (Lipinski definition) is 1. The molecule has 1 rings (SSSR count). The first-order valence-corrected chi connectivity index (χ1v) is 4.91. The van der Waals surface area contributed by atoms with E-state index in [0.717, 1.165) is 18.7 Å². The Morgan fingerprint density at radius 3 is 2.93 bits per heavy atom. The van der Waals surface area contributed by atoms with Crippen LogP contribution in [0.5, 0.6) is 5.75 Å². The van der Waals surface area contributed by atoms with Gasteiger partial charge in [0.15, 0.2) is 0 Å². The lowest BCUT2D eigenvalue weighted by Crippen LogP contribution is -2.10. The standard InChI is InChI=1S/C11H18N2O/c1-9(4-5-12-2)10-6-11(14-3)8-13-7-10/h6-9,12H,4-5H2,1-3H3. The minimum atomic E-state index is 0.519. The molecule has 0 aromatic carbocycles. The number of ether oxygens (including phenoxy) is 1. The normalized spacial score (nSPS) is 12.5. The molecule has 0 saturated carbocycles. The average Bonchev–Trinajstić information content (AvgIpc) is 2.26. The van der Waals surface area contributed by atoms with Gasteiger partial charge in [0, 0.05) is 6.20 Å². The van der Waals surface area contributed by atoms with Gasteiger partial charge in [0.05, 0.1) is 13.3 Å². The van der Waals surface area contributed by atoms with Crippen LogP contribution in [0.25, 0.3) is 0 Å². The third-order valence-electron chi connectivity index (χ3n) is 2.37. The number of rotatable bonds is 5. The summed E-state index contributed by atoms with van der Waals surface area (Å²) in [6.45, 7) is 3.23. The van der Waals surface area contributed by atoms with E-state index in [1.54, 1.807) is 13.3 Å². The van der Waals surface area contributed by atoms with Gasteiger partial charge < -0.3 is 10.1 Å². The largest absolute Gasteiger partial charge is 0.495 e. The predicted molar refractivity (Wildman–Crippen MR) is 57.7 cm³/mol. The number of aromatic nitrogens is 1. The van der Waals surface area contributed by atoms with E-state index < -0.39 is 0 Å². The molecular formula is C11H18N2O. The molecular weight excluding hydrogens is 176 g/mol. The van der Waals surface area contributed by atoms with Crippen molar-refractivity contribution >= 4 is 0 Å². The fourth-order valence-corrected chi connectivity index (χ4v) is 1.34. The SMILES string of the molecule is CNCCC(C)c1cncc(OC)c1. The smallest absolute Gasteiger partial charge is 0.137 e. The molecule has 1 aromatic heterocycles. The van der Waals surface area contributed by atoms with Crippen molar-refractivity contribution in [3.63, 3.8) is 0 Å². The second-order valence-corrected chi connectivity index (χ2v) is 3.45. The Morgan fingerprint density at radius 1 is 1.50 bits per heavy atom. The van der Waals surface area contributed by atoms with Gasteiger partial charge in [-0.25, -0.2) is 0 Å². The third kappa shape index (κ3) is 3.00. The molecule has 0 amide bonds. The molecule has 1 heterocycles. The van der Waals surface area contributed by atoms with Gasteiger partial charge in [-0.1, -0.05) is 6.92 Å². The van der Waals surface area contributed by atoms with Gasteiger partial charge in [-0.15, -0.1) is 0 Å². The topological polar surface area (TPSA) is 34.2 Å². The van der Waals surface area contributed by atoms with Crippen molar-refractivity contribution < 1.29 is 4.74 Å². The zero-order valence-corrected chi connectivity index (χ0v) is 9.08. The van der Waals surface area contributed by atoms with Gasteiger partial charge in [0.1, 0.15) is 5.75 Å². The highest BCUT2D eigenvalue weighted by atomic mass is 16.5. The molecule has 0 aliphatic heterocycles. The van der Waals surface area contributed by atoms with Gasteiger partial charge in [-0.05, 0) is 37.6 Å². The van der Waals surface area contributed by atoms with Crippen molar-refractivity contribution in [2.75, 3.05) is 20.7 Å². The van der Waals surface area contributed by atoms with Gasteiger partial charge in [0.2, 0.25) is 0 Å². The maximum absolute atomic E-state index is 5.13. The van der Waals surface area contributed by atoms with Crippen LogP contribution in [-0.4, -0.2) is 25.7 Å². The Bertz CT molecular complexity index is 276. The van der Waals surface area contributed by atoms with E-state index in [9.17, 15) is 0 Å². The van der Waals surface area contributed by atoms with Gasteiger partial charge >= 0.3 is 0 Å². The molecule has 3 nitrogen and oxygen atoms in total. The molecule has 0 fully saturated rings. The quantitative estimate of drug-likeness (QED) is 0.776. The van der Waals surface area contributed by atoms with Crippen LogP contribution in [0.2, 0.25) is 0 Å². The summed E-state index contributed by atoms with van der Waals surface area (Å²) in [5, 5.41) is 3.15. The van der Waals surface area contributed by atoms with Gasteiger partial charge in [-0.3, -0.25) is 4.98 Å². The molecule has 0 saturated heterocycles. The fraction of sp³-hybridized carbons (Fsp3) is 0.545. The third-order valence-corrected chi connectivity index (χ3v) is 2.37. The van der Waals surface area contributed by atoms with Crippen LogP contribution in [0.15, 0.2) is 18.5 Å². The molecule has 0 aliphatic rings. The Hall–Kier alpha value is -1.09. The summed E-state index contributed by atoms with van der Waals surface area (Å²) in [5.74, 6) is 1.35. The van der Waals surface area contributed by atoms with Crippen molar-refractivity contribution in [3.05, 3.63) is 24.0 Å². The van der Waals surface area contributed by atoms with Crippen molar-refractivity contribution in [1.29, 1.82) is 0 Å². The van der Waals surface area contributed by atoms with E-state index in [-0.39, 0.29) is 0 Å². The molecule has 14 heavy (non-hydrogen) atoms. The molecule has 3 heteroatoms. The first-order valence-electron chi connectivity index (χ1n) is 4.91. The fourth-order valence-electron chi connectivity index (χ4n) is 1.34. The Labute approximate surface area is 85.5 Å². The van der Waals surface area contributed by atoms with Crippen LogP contribution in [0.4, 0.5) is 0 Å². The van der Waals surface area contributed by atoms with Crippen LogP contribution >= 0.6 is 0 Å². The highest BCUT2D eigenvalue weighted by molar-refractivity contribution is 5.25. The second kappa shape index (κ2) is 5.60. The number of hydrogen-bond acceptors (Lipinski definition) is 3. The summed E-state index contributed by atoms with van der Waals surface area (Å²) >= 11 is 0. The Kier molecular flexibility index (Phi) is 4.40. The van der Waals surface area contributed by atoms with Crippen molar-refractivity contribution in [2.24, 2.45) is 0 Å². The summed E-state index contributed by atoms with van der Waals surface area (Å²) in [6.07, 6.45) is 4.75. The summed E-state index contributed by atoms with van der Waals surface area (Å²) in [4.78, 5) is 4.14. The van der Waals surface area contributed by atoms with Gasteiger partial charge in [0.25, 0.3) is 0 Å². The lowest BCUT2D eigenvalue weighted by Gasteiger charge is -2.11. The Morgan fingerprint density at radius 2 is 2.29 bits per heavy atom. The zero-order valence-electron chi connectivity index (χ0n) is 9.08. The maximum atomic E-state index is 5.13. The molecule has 1 unspecified atom stereocenters. The molecule has 0 radical (unpaired) electrons. The zero-order chi connectivity index (χ0) is 10.4. The predicted octanol–water partition coefficient (Wildman–Crippen LogP) is 1.80. The number of nitrogens with one attached hydrogen (secondary N) is 1. The monoisotopic (exact) mass is 194 g/mol. The van der Waals surface area contributed by atoms with Crippen molar-refractivity contribution in [3.8, 4) is 5.75 Å². The summed E-state index contributed by atoms with van der Waals surface area (Å²) in [5.41, 5.74) is 1.24. The van der Waals surface area contributed by atoms with Crippen LogP contribution < -0.4 is 10.1 Å². The summed E-state index contributed by atoms with van der Waals surface area (Å²) < 4.78 is 5.13. The molecule has 0 aliphatic carbocycles. The number of nitrogens with zero attached hydrogens (tertiary/aromatic N) is 1. The second-order valence-electron chi connectivity index (χ2n) is 3.45. The molecule has 1 aromatic rings. The van der Waals surface area contributed by atoms with E-state index in [2.05, 4.69) is 17.2 Å². The number of pyridine rings is 1. The molecule has 78 valence electrons. The first-order chi connectivity index (χ1) is 6.77. The lowest BCUT2D eigenvalue weighted by atomic mass is 9.99. The van der Waals surface area contributed by atoms with Crippen LogP contribution in [0.3, 0.4) is 0 Å². The first kappa shape index (κ1) is 11.0. The van der Waals surface area contributed by atoms with E-state index in [0.29, 0.717) is 5.92 Å². The molecule has 1 N–H and O–H groups in total. The van der Waals surface area contributed by atoms with E-state index in [4.69, 9.17) is 4.74 Å². The molecule has 0 bridgehead atoms. The van der Waals surface area contributed by atoms with Crippen molar-refractivity contribution in [2.45, 2.75) is 19.3 Å². The van der Waals surface area contributed by atoms with Crippen LogP contribution in [-0.2, 0) is 0 Å². The highest BCUT2D eigenvalue weighted by Gasteiger charge is 2.06.